The van der Waals surface area contributed by atoms with Crippen LogP contribution in [-0.4, -0.2) is 15.4 Å². The van der Waals surface area contributed by atoms with E-state index < -0.39 is 0 Å². The minimum Gasteiger partial charge on any atom is -0.388 e. The molecule has 0 spiro atoms. The van der Waals surface area contributed by atoms with E-state index in [0.717, 1.165) is 11.0 Å². The molecule has 2 aromatic rings. The second-order valence-corrected chi connectivity index (χ2v) is 4.66. The van der Waals surface area contributed by atoms with Crippen LogP contribution in [0.5, 0.6) is 0 Å². The Kier molecular flexibility index (Phi) is 2.88. The molecule has 0 saturated heterocycles. The van der Waals surface area contributed by atoms with Crippen molar-refractivity contribution in [1.82, 2.24) is 9.55 Å². The third-order valence-corrected chi connectivity index (χ3v) is 3.18. The first-order valence-electron chi connectivity index (χ1n) is 5.75. The van der Waals surface area contributed by atoms with Crippen LogP contribution in [-0.2, 0) is 0 Å². The van der Waals surface area contributed by atoms with Gasteiger partial charge in [0.05, 0.1) is 23.2 Å². The van der Waals surface area contributed by atoms with Crippen molar-refractivity contribution >= 4 is 16.9 Å². The van der Waals surface area contributed by atoms with Crippen LogP contribution >= 0.6 is 0 Å². The van der Waals surface area contributed by atoms with Crippen molar-refractivity contribution in [3.63, 3.8) is 0 Å². The van der Waals surface area contributed by atoms with Crippen molar-refractivity contribution in [2.45, 2.75) is 33.2 Å². The van der Waals surface area contributed by atoms with Crippen molar-refractivity contribution in [3.8, 4) is 0 Å². The van der Waals surface area contributed by atoms with Gasteiger partial charge < -0.3 is 10.3 Å². The first kappa shape index (κ1) is 11.6. The summed E-state index contributed by atoms with van der Waals surface area (Å²) in [4.78, 5) is 4.40. The highest BCUT2D eigenvalue weighted by Crippen LogP contribution is 2.22. The SMILES string of the molecule is Cc1cc2ncn(C(C)CC(=N)N)c2cc1C. The first-order valence-corrected chi connectivity index (χ1v) is 5.75. The van der Waals surface area contributed by atoms with Gasteiger partial charge in [-0.05, 0) is 44.0 Å². The Morgan fingerprint density at radius 3 is 2.71 bits per heavy atom. The Labute approximate surface area is 101 Å². The van der Waals surface area contributed by atoms with Gasteiger partial charge in [0.1, 0.15) is 0 Å². The maximum Gasteiger partial charge on any atom is 0.0960 e. The van der Waals surface area contributed by atoms with Gasteiger partial charge in [-0.1, -0.05) is 0 Å². The molecule has 0 bridgehead atoms. The molecule has 1 aromatic heterocycles. The van der Waals surface area contributed by atoms with Gasteiger partial charge in [0.25, 0.3) is 0 Å². The summed E-state index contributed by atoms with van der Waals surface area (Å²) in [5, 5.41) is 7.36. The highest BCUT2D eigenvalue weighted by molar-refractivity contribution is 5.79. The number of hydrogen-bond acceptors (Lipinski definition) is 2. The minimum atomic E-state index is 0.166. The molecule has 3 N–H and O–H groups in total. The number of aryl methyl sites for hydroxylation is 2. The number of nitrogens with one attached hydrogen (secondary N) is 1. The lowest BCUT2D eigenvalue weighted by Crippen LogP contribution is -2.16. The molecule has 0 aliphatic carbocycles. The van der Waals surface area contributed by atoms with Crippen LogP contribution in [0.25, 0.3) is 11.0 Å². The van der Waals surface area contributed by atoms with Gasteiger partial charge in [0.2, 0.25) is 0 Å². The Morgan fingerprint density at radius 2 is 2.06 bits per heavy atom. The summed E-state index contributed by atoms with van der Waals surface area (Å²) in [5.74, 6) is 0.211. The van der Waals surface area contributed by atoms with Crippen LogP contribution in [0.3, 0.4) is 0 Å². The molecular formula is C13H18N4. The van der Waals surface area contributed by atoms with Crippen LogP contribution in [0.2, 0.25) is 0 Å². The van der Waals surface area contributed by atoms with Crippen LogP contribution < -0.4 is 5.73 Å². The Morgan fingerprint density at radius 1 is 1.41 bits per heavy atom. The largest absolute Gasteiger partial charge is 0.388 e. The van der Waals surface area contributed by atoms with Crippen molar-refractivity contribution < 1.29 is 0 Å². The number of aromatic nitrogens is 2. The normalized spacial score (nSPS) is 12.9. The predicted octanol–water partition coefficient (Wildman–Crippen LogP) is 2.54. The lowest BCUT2D eigenvalue weighted by molar-refractivity contribution is 0.580. The number of benzene rings is 1. The number of imidazole rings is 1. The van der Waals surface area contributed by atoms with E-state index in [0.29, 0.717) is 6.42 Å². The van der Waals surface area contributed by atoms with Crippen molar-refractivity contribution in [2.24, 2.45) is 5.73 Å². The van der Waals surface area contributed by atoms with E-state index in [4.69, 9.17) is 11.1 Å². The van der Waals surface area contributed by atoms with Gasteiger partial charge in [0.15, 0.2) is 0 Å². The average molecular weight is 230 g/mol. The summed E-state index contributed by atoms with van der Waals surface area (Å²) in [6.07, 6.45) is 2.38. The molecule has 0 aliphatic rings. The number of nitrogens with two attached hydrogens (primary N) is 1. The number of amidine groups is 1. The fraction of sp³-hybridized carbons (Fsp3) is 0.385. The molecule has 0 saturated carbocycles. The van der Waals surface area contributed by atoms with Gasteiger partial charge in [-0.15, -0.1) is 0 Å². The van der Waals surface area contributed by atoms with E-state index in [1.165, 1.54) is 11.1 Å². The van der Waals surface area contributed by atoms with E-state index in [9.17, 15) is 0 Å². The fourth-order valence-corrected chi connectivity index (χ4v) is 2.05. The first-order chi connectivity index (χ1) is 7.99. The molecule has 1 heterocycles. The van der Waals surface area contributed by atoms with Gasteiger partial charge in [-0.25, -0.2) is 4.98 Å². The molecule has 2 rings (SSSR count). The van der Waals surface area contributed by atoms with Gasteiger partial charge in [-0.2, -0.15) is 0 Å². The molecule has 17 heavy (non-hydrogen) atoms. The second-order valence-electron chi connectivity index (χ2n) is 4.66. The number of fused-ring (bicyclic) bond motifs is 1. The molecule has 4 nitrogen and oxygen atoms in total. The molecule has 1 atom stereocenters. The molecule has 1 aromatic carbocycles. The van der Waals surface area contributed by atoms with Gasteiger partial charge in [-0.3, -0.25) is 5.41 Å². The van der Waals surface area contributed by atoms with Crippen LogP contribution in [0.4, 0.5) is 0 Å². The summed E-state index contributed by atoms with van der Waals surface area (Å²) in [5.41, 5.74) is 10.1. The molecule has 4 heteroatoms. The predicted molar refractivity (Wildman–Crippen MR) is 70.4 cm³/mol. The molecule has 0 fully saturated rings. The Hall–Kier alpha value is -1.84. The van der Waals surface area contributed by atoms with Crippen molar-refractivity contribution in [1.29, 1.82) is 5.41 Å². The molecule has 0 radical (unpaired) electrons. The topological polar surface area (TPSA) is 67.7 Å². The summed E-state index contributed by atoms with van der Waals surface area (Å²) < 4.78 is 2.09. The van der Waals surface area contributed by atoms with Crippen molar-refractivity contribution in [2.75, 3.05) is 0 Å². The van der Waals surface area contributed by atoms with E-state index >= 15 is 0 Å². The fourth-order valence-electron chi connectivity index (χ4n) is 2.05. The molecule has 1 unspecified atom stereocenters. The Balaban J connectivity index is 2.48. The lowest BCUT2D eigenvalue weighted by Gasteiger charge is -2.13. The van der Waals surface area contributed by atoms with Crippen LogP contribution in [0.15, 0.2) is 18.5 Å². The van der Waals surface area contributed by atoms with Crippen LogP contribution in [0.1, 0.15) is 30.5 Å². The smallest absolute Gasteiger partial charge is 0.0960 e. The average Bonchev–Trinajstić information content (AvgIpc) is 2.60. The van der Waals surface area contributed by atoms with Gasteiger partial charge in [0, 0.05) is 12.5 Å². The summed E-state index contributed by atoms with van der Waals surface area (Å²) in [6.45, 7) is 6.24. The standard InChI is InChI=1S/C13H18N4/c1-8-4-11-12(5-9(8)2)17(7-16-11)10(3)6-13(14)15/h4-5,7,10H,6H2,1-3H3,(H3,14,15). The van der Waals surface area contributed by atoms with E-state index in [1.807, 2.05) is 6.33 Å². The summed E-state index contributed by atoms with van der Waals surface area (Å²) >= 11 is 0. The highest BCUT2D eigenvalue weighted by Gasteiger charge is 2.11. The number of hydrogen-bond donors (Lipinski definition) is 2. The zero-order chi connectivity index (χ0) is 12.6. The lowest BCUT2D eigenvalue weighted by atomic mass is 10.1. The third-order valence-electron chi connectivity index (χ3n) is 3.18. The molecule has 90 valence electrons. The maximum absolute atomic E-state index is 7.36. The zero-order valence-electron chi connectivity index (χ0n) is 10.5. The zero-order valence-corrected chi connectivity index (χ0v) is 10.5. The van der Waals surface area contributed by atoms with E-state index in [-0.39, 0.29) is 11.9 Å². The van der Waals surface area contributed by atoms with Crippen molar-refractivity contribution in [3.05, 3.63) is 29.6 Å². The number of rotatable bonds is 3. The summed E-state index contributed by atoms with van der Waals surface area (Å²) in [6, 6.07) is 4.41. The molecule has 0 aliphatic heterocycles. The highest BCUT2D eigenvalue weighted by atomic mass is 15.1. The molecule has 0 amide bonds. The minimum absolute atomic E-state index is 0.166. The van der Waals surface area contributed by atoms with E-state index in [2.05, 4.69) is 42.5 Å². The summed E-state index contributed by atoms with van der Waals surface area (Å²) in [7, 11) is 0. The number of nitrogens with zero attached hydrogens (tertiary/aromatic N) is 2. The Bertz CT molecular complexity index is 568. The molecular weight excluding hydrogens is 212 g/mol. The van der Waals surface area contributed by atoms with Gasteiger partial charge >= 0.3 is 0 Å². The quantitative estimate of drug-likeness (QED) is 0.628. The second kappa shape index (κ2) is 4.20. The van der Waals surface area contributed by atoms with E-state index in [1.54, 1.807) is 0 Å². The monoisotopic (exact) mass is 230 g/mol. The van der Waals surface area contributed by atoms with Crippen LogP contribution in [0, 0.1) is 19.3 Å². The third kappa shape index (κ3) is 2.16. The maximum atomic E-state index is 7.36.